The predicted octanol–water partition coefficient (Wildman–Crippen LogP) is 1.83. The van der Waals surface area contributed by atoms with Crippen molar-refractivity contribution in [2.45, 2.75) is 69.6 Å². The first kappa shape index (κ1) is 22.7. The van der Waals surface area contributed by atoms with Crippen molar-refractivity contribution in [3.8, 4) is 0 Å². The SMILES string of the molecule is Cc1cc(B2OC(C)(C)C(C)(C)O2)cc(S(=O)(=O)N2CCC(N)CC2)c1.Cl. The van der Waals surface area contributed by atoms with Crippen molar-refractivity contribution >= 4 is 35.0 Å². The molecule has 1 aromatic rings. The first-order valence-corrected chi connectivity index (χ1v) is 10.6. The number of piperidine rings is 1. The highest BCUT2D eigenvalue weighted by Gasteiger charge is 2.51. The van der Waals surface area contributed by atoms with Gasteiger partial charge in [-0.05, 0) is 65.1 Å². The zero-order chi connectivity index (χ0) is 19.3. The molecule has 2 fully saturated rings. The van der Waals surface area contributed by atoms with Gasteiger partial charge in [0.25, 0.3) is 0 Å². The van der Waals surface area contributed by atoms with Crippen LogP contribution in [0.4, 0.5) is 0 Å². The van der Waals surface area contributed by atoms with Gasteiger partial charge in [-0.15, -0.1) is 12.4 Å². The lowest BCUT2D eigenvalue weighted by Crippen LogP contribution is -2.43. The molecule has 3 rings (SSSR count). The minimum absolute atomic E-state index is 0. The molecule has 6 nitrogen and oxygen atoms in total. The summed E-state index contributed by atoms with van der Waals surface area (Å²) in [4.78, 5) is 0.290. The van der Waals surface area contributed by atoms with Crippen LogP contribution in [0.2, 0.25) is 0 Å². The molecule has 0 aromatic heterocycles. The minimum Gasteiger partial charge on any atom is -0.399 e. The largest absolute Gasteiger partial charge is 0.494 e. The summed E-state index contributed by atoms with van der Waals surface area (Å²) in [5, 5.41) is 0. The van der Waals surface area contributed by atoms with Gasteiger partial charge in [0.1, 0.15) is 0 Å². The Morgan fingerprint density at radius 3 is 2.11 bits per heavy atom. The van der Waals surface area contributed by atoms with Crippen LogP contribution in [0, 0.1) is 6.92 Å². The van der Waals surface area contributed by atoms with Crippen LogP contribution in [-0.4, -0.2) is 50.2 Å². The van der Waals surface area contributed by atoms with Crippen molar-refractivity contribution in [1.82, 2.24) is 4.31 Å². The zero-order valence-corrected chi connectivity index (χ0v) is 18.3. The second-order valence-corrected chi connectivity index (χ2v) is 10.3. The highest BCUT2D eigenvalue weighted by atomic mass is 35.5. The van der Waals surface area contributed by atoms with E-state index < -0.39 is 28.3 Å². The Labute approximate surface area is 169 Å². The molecule has 27 heavy (non-hydrogen) atoms. The van der Waals surface area contributed by atoms with Crippen LogP contribution in [0.15, 0.2) is 23.1 Å². The summed E-state index contributed by atoms with van der Waals surface area (Å²) in [5.41, 5.74) is 6.57. The van der Waals surface area contributed by atoms with E-state index in [4.69, 9.17) is 15.0 Å². The van der Waals surface area contributed by atoms with Crippen molar-refractivity contribution in [3.05, 3.63) is 23.8 Å². The molecule has 1 aromatic carbocycles. The lowest BCUT2D eigenvalue weighted by molar-refractivity contribution is 0.00578. The molecular weight excluding hydrogens is 387 g/mol. The minimum atomic E-state index is -3.55. The lowest BCUT2D eigenvalue weighted by atomic mass is 9.78. The van der Waals surface area contributed by atoms with Gasteiger partial charge in [0.2, 0.25) is 10.0 Å². The van der Waals surface area contributed by atoms with Crippen LogP contribution in [0.25, 0.3) is 0 Å². The molecule has 2 aliphatic heterocycles. The predicted molar refractivity (Wildman–Crippen MR) is 110 cm³/mol. The summed E-state index contributed by atoms with van der Waals surface area (Å²) < 4.78 is 39.8. The number of nitrogens with zero attached hydrogens (tertiary/aromatic N) is 1. The molecule has 0 saturated carbocycles. The fourth-order valence-electron chi connectivity index (χ4n) is 3.31. The second-order valence-electron chi connectivity index (χ2n) is 8.41. The van der Waals surface area contributed by atoms with Crippen LogP contribution in [0.3, 0.4) is 0 Å². The van der Waals surface area contributed by atoms with E-state index in [0.717, 1.165) is 11.0 Å². The van der Waals surface area contributed by atoms with Crippen LogP contribution >= 0.6 is 12.4 Å². The number of halogens is 1. The Hall–Kier alpha value is -0.635. The smallest absolute Gasteiger partial charge is 0.399 e. The van der Waals surface area contributed by atoms with Gasteiger partial charge in [-0.3, -0.25) is 0 Å². The third-order valence-electron chi connectivity index (χ3n) is 5.73. The Balaban J connectivity index is 0.00000261. The maximum absolute atomic E-state index is 13.1. The van der Waals surface area contributed by atoms with E-state index in [1.807, 2.05) is 40.7 Å². The first-order chi connectivity index (χ1) is 11.9. The summed E-state index contributed by atoms with van der Waals surface area (Å²) in [7, 11) is -4.13. The van der Waals surface area contributed by atoms with Gasteiger partial charge >= 0.3 is 7.12 Å². The van der Waals surface area contributed by atoms with Gasteiger partial charge in [-0.2, -0.15) is 4.31 Å². The number of sulfonamides is 1. The fourth-order valence-corrected chi connectivity index (χ4v) is 4.92. The van der Waals surface area contributed by atoms with Gasteiger partial charge in [-0.25, -0.2) is 8.42 Å². The summed E-state index contributed by atoms with van der Waals surface area (Å²) >= 11 is 0. The lowest BCUT2D eigenvalue weighted by Gasteiger charge is -2.32. The molecule has 2 heterocycles. The summed E-state index contributed by atoms with van der Waals surface area (Å²) in [6.45, 7) is 10.7. The summed E-state index contributed by atoms with van der Waals surface area (Å²) in [6, 6.07) is 5.39. The summed E-state index contributed by atoms with van der Waals surface area (Å²) in [5.74, 6) is 0. The van der Waals surface area contributed by atoms with E-state index in [-0.39, 0.29) is 23.3 Å². The molecule has 9 heteroatoms. The van der Waals surface area contributed by atoms with Crippen molar-refractivity contribution in [1.29, 1.82) is 0 Å². The van der Waals surface area contributed by atoms with Gasteiger partial charge in [0.15, 0.2) is 0 Å². The number of rotatable bonds is 3. The highest BCUT2D eigenvalue weighted by molar-refractivity contribution is 7.89. The van der Waals surface area contributed by atoms with Crippen molar-refractivity contribution in [2.75, 3.05) is 13.1 Å². The first-order valence-electron chi connectivity index (χ1n) is 9.15. The Bertz CT molecular complexity index is 777. The highest BCUT2D eigenvalue weighted by Crippen LogP contribution is 2.36. The van der Waals surface area contributed by atoms with Crippen LogP contribution in [0.5, 0.6) is 0 Å². The molecule has 0 radical (unpaired) electrons. The van der Waals surface area contributed by atoms with Gasteiger partial charge in [-0.1, -0.05) is 11.6 Å². The second kappa shape index (κ2) is 7.65. The van der Waals surface area contributed by atoms with Crippen LogP contribution in [0.1, 0.15) is 46.1 Å². The molecular formula is C18H30BClN2O4S. The van der Waals surface area contributed by atoms with Gasteiger partial charge < -0.3 is 15.0 Å². The molecule has 2 saturated heterocycles. The van der Waals surface area contributed by atoms with E-state index in [1.54, 1.807) is 12.1 Å². The van der Waals surface area contributed by atoms with E-state index in [0.29, 0.717) is 25.9 Å². The number of hydrogen-bond acceptors (Lipinski definition) is 5. The molecule has 0 atom stereocenters. The third kappa shape index (κ3) is 4.36. The normalized spacial score (nSPS) is 23.3. The topological polar surface area (TPSA) is 81.9 Å². The van der Waals surface area contributed by atoms with Crippen molar-refractivity contribution in [3.63, 3.8) is 0 Å². The molecule has 152 valence electrons. The number of nitrogens with two attached hydrogens (primary N) is 1. The fraction of sp³-hybridized carbons (Fsp3) is 0.667. The maximum Gasteiger partial charge on any atom is 0.494 e. The summed E-state index contributed by atoms with van der Waals surface area (Å²) in [6.07, 6.45) is 1.38. The molecule has 2 N–H and O–H groups in total. The van der Waals surface area contributed by atoms with E-state index in [9.17, 15) is 8.42 Å². The number of benzene rings is 1. The van der Waals surface area contributed by atoms with E-state index in [1.165, 1.54) is 4.31 Å². The molecule has 0 bridgehead atoms. The Morgan fingerprint density at radius 1 is 1.07 bits per heavy atom. The van der Waals surface area contributed by atoms with E-state index >= 15 is 0 Å². The van der Waals surface area contributed by atoms with Crippen molar-refractivity contribution < 1.29 is 17.7 Å². The monoisotopic (exact) mass is 416 g/mol. The maximum atomic E-state index is 13.1. The average molecular weight is 417 g/mol. The third-order valence-corrected chi connectivity index (χ3v) is 7.61. The number of aryl methyl sites for hydroxylation is 1. The molecule has 0 unspecified atom stereocenters. The standard InChI is InChI=1S/C18H29BN2O4S.ClH/c1-13-10-14(19-24-17(2,3)18(4,5)25-19)12-16(11-13)26(22,23)21-8-6-15(20)7-9-21;/h10-12,15H,6-9,20H2,1-5H3;1H. The molecule has 0 aliphatic carbocycles. The molecule has 0 amide bonds. The van der Waals surface area contributed by atoms with Crippen LogP contribution in [-0.2, 0) is 19.3 Å². The van der Waals surface area contributed by atoms with E-state index in [2.05, 4.69) is 0 Å². The van der Waals surface area contributed by atoms with Gasteiger partial charge in [0, 0.05) is 19.1 Å². The number of hydrogen-bond donors (Lipinski definition) is 1. The molecule has 0 spiro atoms. The molecule has 2 aliphatic rings. The quantitative estimate of drug-likeness (QED) is 0.760. The Morgan fingerprint density at radius 2 is 1.59 bits per heavy atom. The average Bonchev–Trinajstić information content (AvgIpc) is 2.75. The van der Waals surface area contributed by atoms with Crippen LogP contribution < -0.4 is 11.2 Å². The zero-order valence-electron chi connectivity index (χ0n) is 16.7. The van der Waals surface area contributed by atoms with Gasteiger partial charge in [0.05, 0.1) is 16.1 Å². The van der Waals surface area contributed by atoms with Crippen molar-refractivity contribution in [2.24, 2.45) is 5.73 Å². The Kier molecular flexibility index (Phi) is 6.42.